The highest BCUT2D eigenvalue weighted by molar-refractivity contribution is 5.90. The van der Waals surface area contributed by atoms with Crippen LogP contribution >= 0.6 is 0 Å². The summed E-state index contributed by atoms with van der Waals surface area (Å²) in [5.41, 5.74) is 10.7. The monoisotopic (exact) mass is 492 g/mol. The van der Waals surface area contributed by atoms with Crippen LogP contribution in [-0.2, 0) is 28.9 Å². The average Bonchev–Trinajstić information content (AvgIpc) is 3.30. The summed E-state index contributed by atoms with van der Waals surface area (Å²) in [7, 11) is 3.25. The van der Waals surface area contributed by atoms with Crippen LogP contribution in [0.15, 0.2) is 42.6 Å². The van der Waals surface area contributed by atoms with Crippen LogP contribution in [0.4, 0.5) is 0 Å². The second kappa shape index (κ2) is 11.0. The predicted octanol–water partition coefficient (Wildman–Crippen LogP) is 2.97. The number of aromatic nitrogens is 1. The lowest BCUT2D eigenvalue weighted by Crippen LogP contribution is -2.55. The number of para-hydroxylation sites is 1. The first kappa shape index (κ1) is 25.6. The van der Waals surface area contributed by atoms with Crippen molar-refractivity contribution in [1.82, 2.24) is 15.2 Å². The highest BCUT2D eigenvalue weighted by Crippen LogP contribution is 2.34. The van der Waals surface area contributed by atoms with Gasteiger partial charge in [-0.25, -0.2) is 0 Å². The van der Waals surface area contributed by atoms with Gasteiger partial charge >= 0.3 is 0 Å². The van der Waals surface area contributed by atoms with Crippen molar-refractivity contribution in [2.24, 2.45) is 5.73 Å². The number of likely N-dealkylation sites (N-methyl/N-ethyl adjacent to an activating group) is 1. The summed E-state index contributed by atoms with van der Waals surface area (Å²) < 4.78 is 10.9. The molecular formula is C28H36N4O4. The largest absolute Gasteiger partial charge is 0.493 e. The number of rotatable bonds is 9. The summed E-state index contributed by atoms with van der Waals surface area (Å²) in [6.45, 7) is 4.04. The Morgan fingerprint density at radius 3 is 2.56 bits per heavy atom. The van der Waals surface area contributed by atoms with E-state index in [1.165, 1.54) is 5.56 Å². The summed E-state index contributed by atoms with van der Waals surface area (Å²) in [6.07, 6.45) is 4.66. The Bertz CT molecular complexity index is 1240. The molecule has 8 heteroatoms. The highest BCUT2D eigenvalue weighted by atomic mass is 16.5. The Morgan fingerprint density at radius 2 is 1.86 bits per heavy atom. The van der Waals surface area contributed by atoms with Gasteiger partial charge in [0.15, 0.2) is 11.5 Å². The van der Waals surface area contributed by atoms with Crippen LogP contribution in [0.1, 0.15) is 37.0 Å². The normalized spacial score (nSPS) is 16.6. The topological polar surface area (TPSA) is 110 Å². The number of carbonyl (C=O) groups excluding carboxylic acids is 2. The Kier molecular flexibility index (Phi) is 7.84. The number of aromatic amines is 1. The van der Waals surface area contributed by atoms with E-state index < -0.39 is 12.1 Å². The lowest BCUT2D eigenvalue weighted by Gasteiger charge is -2.32. The first-order valence-corrected chi connectivity index (χ1v) is 12.5. The van der Waals surface area contributed by atoms with E-state index in [1.807, 2.05) is 49.5 Å². The number of nitrogens with one attached hydrogen (secondary N) is 2. The van der Waals surface area contributed by atoms with Crippen LogP contribution in [0.2, 0.25) is 0 Å². The van der Waals surface area contributed by atoms with Crippen molar-refractivity contribution in [1.29, 1.82) is 0 Å². The smallest absolute Gasteiger partial charge is 0.242 e. The summed E-state index contributed by atoms with van der Waals surface area (Å²) in [5.74, 6) is 1.01. The Balaban J connectivity index is 1.39. The number of carbonyl (C=O) groups is 2. The first-order chi connectivity index (χ1) is 17.4. The third-order valence-corrected chi connectivity index (χ3v) is 7.18. The van der Waals surface area contributed by atoms with Crippen molar-refractivity contribution in [3.8, 4) is 11.5 Å². The van der Waals surface area contributed by atoms with Crippen LogP contribution in [-0.4, -0.2) is 60.6 Å². The minimum absolute atomic E-state index is 0.0146. The number of methoxy groups -OCH3 is 2. The molecule has 192 valence electrons. The number of H-pyrrole nitrogens is 1. The molecule has 2 aromatic carbocycles. The minimum Gasteiger partial charge on any atom is -0.493 e. The highest BCUT2D eigenvalue weighted by Gasteiger charge is 2.31. The van der Waals surface area contributed by atoms with Crippen molar-refractivity contribution in [3.05, 3.63) is 59.3 Å². The molecule has 36 heavy (non-hydrogen) atoms. The third-order valence-electron chi connectivity index (χ3n) is 7.18. The zero-order valence-electron chi connectivity index (χ0n) is 21.5. The molecule has 8 nitrogen and oxygen atoms in total. The molecular weight excluding hydrogens is 456 g/mol. The average molecular weight is 493 g/mol. The van der Waals surface area contributed by atoms with Gasteiger partial charge in [-0.2, -0.15) is 0 Å². The van der Waals surface area contributed by atoms with Crippen LogP contribution in [0, 0.1) is 0 Å². The quantitative estimate of drug-likeness (QED) is 0.426. The summed E-state index contributed by atoms with van der Waals surface area (Å²) in [4.78, 5) is 31.2. The van der Waals surface area contributed by atoms with E-state index in [0.29, 0.717) is 30.9 Å². The van der Waals surface area contributed by atoms with Crippen LogP contribution in [0.3, 0.4) is 0 Å². The number of nitrogens with zero attached hydrogens (tertiary/aromatic N) is 1. The van der Waals surface area contributed by atoms with E-state index in [2.05, 4.69) is 10.3 Å². The fraction of sp³-hybridized carbons (Fsp3) is 0.429. The summed E-state index contributed by atoms with van der Waals surface area (Å²) >= 11 is 0. The Labute approximate surface area is 212 Å². The molecule has 2 amide bonds. The SMILES string of the molecule is CCN(C(=O)[C@@H](N)Cc1c[nH]c2ccccc12)[C@@H](C)C(=O)NC1CCc2cc(OC)c(OC)cc2C1. The second-order valence-corrected chi connectivity index (χ2v) is 9.39. The lowest BCUT2D eigenvalue weighted by molar-refractivity contribution is -0.141. The number of ether oxygens (including phenoxy) is 2. The van der Waals surface area contributed by atoms with Crippen molar-refractivity contribution in [3.63, 3.8) is 0 Å². The van der Waals surface area contributed by atoms with Gasteiger partial charge in [0.2, 0.25) is 11.8 Å². The van der Waals surface area contributed by atoms with E-state index in [0.717, 1.165) is 34.9 Å². The fourth-order valence-corrected chi connectivity index (χ4v) is 5.13. The molecule has 1 aliphatic carbocycles. The maximum atomic E-state index is 13.3. The van der Waals surface area contributed by atoms with Crippen LogP contribution in [0.5, 0.6) is 11.5 Å². The van der Waals surface area contributed by atoms with Gasteiger partial charge in [-0.3, -0.25) is 9.59 Å². The third kappa shape index (κ3) is 5.18. The second-order valence-electron chi connectivity index (χ2n) is 9.39. The molecule has 0 saturated carbocycles. The van der Waals surface area contributed by atoms with Gasteiger partial charge in [-0.15, -0.1) is 0 Å². The van der Waals surface area contributed by atoms with Gasteiger partial charge in [0.1, 0.15) is 6.04 Å². The van der Waals surface area contributed by atoms with Crippen molar-refractivity contribution in [2.45, 2.75) is 57.7 Å². The summed E-state index contributed by atoms with van der Waals surface area (Å²) in [5, 5.41) is 4.21. The van der Waals surface area contributed by atoms with Gasteiger partial charge in [0.25, 0.3) is 0 Å². The molecule has 1 aliphatic rings. The molecule has 4 N–H and O–H groups in total. The van der Waals surface area contributed by atoms with E-state index in [-0.39, 0.29) is 17.9 Å². The molecule has 0 fully saturated rings. The summed E-state index contributed by atoms with van der Waals surface area (Å²) in [6, 6.07) is 10.6. The molecule has 0 aliphatic heterocycles. The molecule has 0 saturated heterocycles. The zero-order chi connectivity index (χ0) is 25.8. The van der Waals surface area contributed by atoms with Crippen molar-refractivity contribution >= 4 is 22.7 Å². The van der Waals surface area contributed by atoms with Crippen molar-refractivity contribution < 1.29 is 19.1 Å². The maximum absolute atomic E-state index is 13.3. The Morgan fingerprint density at radius 1 is 1.17 bits per heavy atom. The number of nitrogens with two attached hydrogens (primary N) is 1. The number of benzene rings is 2. The molecule has 0 spiro atoms. The number of hydrogen-bond acceptors (Lipinski definition) is 5. The van der Waals surface area contributed by atoms with Crippen LogP contribution < -0.4 is 20.5 Å². The zero-order valence-corrected chi connectivity index (χ0v) is 21.5. The van der Waals surface area contributed by atoms with Crippen molar-refractivity contribution in [2.75, 3.05) is 20.8 Å². The van der Waals surface area contributed by atoms with Gasteiger partial charge < -0.3 is 30.4 Å². The number of aryl methyl sites for hydroxylation is 1. The maximum Gasteiger partial charge on any atom is 0.242 e. The van der Waals surface area contributed by atoms with E-state index in [9.17, 15) is 9.59 Å². The Hall–Kier alpha value is -3.52. The molecule has 0 bridgehead atoms. The van der Waals surface area contributed by atoms with E-state index >= 15 is 0 Å². The predicted molar refractivity (Wildman–Crippen MR) is 140 cm³/mol. The van der Waals surface area contributed by atoms with E-state index in [4.69, 9.17) is 15.2 Å². The lowest BCUT2D eigenvalue weighted by atomic mass is 9.87. The fourth-order valence-electron chi connectivity index (χ4n) is 5.13. The molecule has 1 aromatic heterocycles. The van der Waals surface area contributed by atoms with Gasteiger partial charge in [-0.1, -0.05) is 18.2 Å². The minimum atomic E-state index is -0.733. The molecule has 1 unspecified atom stereocenters. The van der Waals surface area contributed by atoms with Gasteiger partial charge in [-0.05, 0) is 74.4 Å². The number of hydrogen-bond donors (Lipinski definition) is 3. The molecule has 0 radical (unpaired) electrons. The molecule has 1 heterocycles. The van der Waals surface area contributed by atoms with Gasteiger partial charge in [0.05, 0.1) is 20.3 Å². The first-order valence-electron chi connectivity index (χ1n) is 12.5. The molecule has 3 aromatic rings. The standard InChI is InChI=1S/C28H36N4O4/c1-5-32(28(34)23(29)13-20-16-30-24-9-7-6-8-22(20)24)17(2)27(33)31-21-11-10-18-14-25(35-3)26(36-4)15-19(18)12-21/h6-9,14-17,21,23,30H,5,10-13,29H2,1-4H3,(H,31,33)/t17-,21?,23-/m0/s1. The van der Waals surface area contributed by atoms with Crippen LogP contribution in [0.25, 0.3) is 10.9 Å². The van der Waals surface area contributed by atoms with E-state index in [1.54, 1.807) is 26.0 Å². The number of amides is 2. The molecule has 3 atom stereocenters. The van der Waals surface area contributed by atoms with Gasteiger partial charge in [0, 0.05) is 29.7 Å². The number of fused-ring (bicyclic) bond motifs is 2. The molecule has 4 rings (SSSR count).